The number of carbonyl (C=O) groups is 1. The quantitative estimate of drug-likeness (QED) is 0.756. The van der Waals surface area contributed by atoms with Gasteiger partial charge in [-0.15, -0.1) is 0 Å². The van der Waals surface area contributed by atoms with E-state index in [1.807, 2.05) is 6.07 Å². The molecule has 0 aromatic carbocycles. The van der Waals surface area contributed by atoms with Crippen molar-refractivity contribution < 1.29 is 4.79 Å². The van der Waals surface area contributed by atoms with Crippen LogP contribution in [0.15, 0.2) is 18.3 Å². The van der Waals surface area contributed by atoms with Crippen molar-refractivity contribution in [1.82, 2.24) is 25.4 Å². The van der Waals surface area contributed by atoms with Crippen molar-refractivity contribution in [1.29, 1.82) is 0 Å². The molecule has 1 aromatic heterocycles. The second kappa shape index (κ2) is 8.41. The molecule has 0 spiro atoms. The van der Waals surface area contributed by atoms with Gasteiger partial charge in [0.25, 0.3) is 5.91 Å². The molecule has 3 rings (SSSR count). The van der Waals surface area contributed by atoms with E-state index in [1.54, 1.807) is 12.3 Å². The summed E-state index contributed by atoms with van der Waals surface area (Å²) >= 11 is 0. The van der Waals surface area contributed by atoms with Crippen molar-refractivity contribution in [2.24, 2.45) is 0 Å². The number of likely N-dealkylation sites (N-methyl/N-ethyl adjacent to an activating group) is 1. The zero-order chi connectivity index (χ0) is 16.8. The number of hydrogen-bond acceptors (Lipinski definition) is 6. The average molecular weight is 332 g/mol. The van der Waals surface area contributed by atoms with E-state index < -0.39 is 0 Å². The first-order valence-electron chi connectivity index (χ1n) is 8.83. The molecule has 0 saturated carbocycles. The fraction of sp³-hybridized carbons (Fsp3) is 0.647. The molecule has 7 heteroatoms. The lowest BCUT2D eigenvalue weighted by Gasteiger charge is -2.33. The number of anilines is 1. The molecule has 0 atom stereocenters. The maximum atomic E-state index is 12.4. The molecule has 132 valence electrons. The van der Waals surface area contributed by atoms with E-state index in [-0.39, 0.29) is 5.91 Å². The second-order valence-corrected chi connectivity index (χ2v) is 6.54. The fourth-order valence-corrected chi connectivity index (χ4v) is 3.13. The van der Waals surface area contributed by atoms with Gasteiger partial charge in [-0.05, 0) is 19.2 Å². The van der Waals surface area contributed by atoms with E-state index in [0.29, 0.717) is 12.1 Å². The summed E-state index contributed by atoms with van der Waals surface area (Å²) in [6.07, 6.45) is 1.73. The van der Waals surface area contributed by atoms with Gasteiger partial charge in [0.1, 0.15) is 5.82 Å². The number of pyridine rings is 1. The monoisotopic (exact) mass is 332 g/mol. The molecule has 0 bridgehead atoms. The molecular weight excluding hydrogens is 304 g/mol. The predicted molar refractivity (Wildman–Crippen MR) is 95.6 cm³/mol. The van der Waals surface area contributed by atoms with Gasteiger partial charge in [-0.1, -0.05) is 0 Å². The summed E-state index contributed by atoms with van der Waals surface area (Å²) in [5, 5.41) is 6.36. The standard InChI is InChI=1S/C17H28N6O/c1-21-10-12-23(13-11-21)16-14-15(2-3-19-16)17(24)20-6-9-22-7-4-18-5-8-22/h2-3,14,18H,4-13H2,1H3,(H,20,24). The fourth-order valence-electron chi connectivity index (χ4n) is 3.13. The van der Waals surface area contributed by atoms with Gasteiger partial charge in [0.2, 0.25) is 0 Å². The van der Waals surface area contributed by atoms with E-state index in [0.717, 1.165) is 64.7 Å². The number of carbonyl (C=O) groups excluding carboxylic acids is 1. The van der Waals surface area contributed by atoms with Crippen molar-refractivity contribution >= 4 is 11.7 Å². The molecule has 2 N–H and O–H groups in total. The molecule has 0 unspecified atom stereocenters. The van der Waals surface area contributed by atoms with Crippen LogP contribution in [0.1, 0.15) is 10.4 Å². The van der Waals surface area contributed by atoms with Crippen LogP contribution in [0.3, 0.4) is 0 Å². The van der Waals surface area contributed by atoms with Crippen LogP contribution >= 0.6 is 0 Å². The zero-order valence-electron chi connectivity index (χ0n) is 14.5. The van der Waals surface area contributed by atoms with Crippen LogP contribution in [0, 0.1) is 0 Å². The maximum Gasteiger partial charge on any atom is 0.251 e. The molecule has 3 heterocycles. The first kappa shape index (κ1) is 17.1. The molecule has 1 aromatic rings. The van der Waals surface area contributed by atoms with Crippen LogP contribution in [0.5, 0.6) is 0 Å². The Morgan fingerprint density at radius 1 is 1.21 bits per heavy atom. The van der Waals surface area contributed by atoms with Crippen molar-refractivity contribution in [3.8, 4) is 0 Å². The number of aromatic nitrogens is 1. The Kier molecular flexibility index (Phi) is 6.01. The summed E-state index contributed by atoms with van der Waals surface area (Å²) in [4.78, 5) is 23.7. The first-order valence-corrected chi connectivity index (χ1v) is 8.83. The van der Waals surface area contributed by atoms with Gasteiger partial charge in [-0.3, -0.25) is 9.69 Å². The molecule has 24 heavy (non-hydrogen) atoms. The molecule has 0 radical (unpaired) electrons. The largest absolute Gasteiger partial charge is 0.354 e. The molecule has 0 aliphatic carbocycles. The van der Waals surface area contributed by atoms with E-state index in [9.17, 15) is 4.79 Å². The zero-order valence-corrected chi connectivity index (χ0v) is 14.5. The Hall–Kier alpha value is -1.70. The highest BCUT2D eigenvalue weighted by atomic mass is 16.1. The molecule has 7 nitrogen and oxygen atoms in total. The van der Waals surface area contributed by atoms with Crippen LogP contribution < -0.4 is 15.5 Å². The van der Waals surface area contributed by atoms with Crippen LogP contribution in [-0.4, -0.2) is 93.2 Å². The highest BCUT2D eigenvalue weighted by Gasteiger charge is 2.17. The van der Waals surface area contributed by atoms with E-state index in [2.05, 4.69) is 37.4 Å². The van der Waals surface area contributed by atoms with Crippen LogP contribution in [0.4, 0.5) is 5.82 Å². The molecular formula is C17H28N6O. The van der Waals surface area contributed by atoms with Gasteiger partial charge >= 0.3 is 0 Å². The van der Waals surface area contributed by atoms with Crippen molar-refractivity contribution in [2.45, 2.75) is 0 Å². The Morgan fingerprint density at radius 3 is 2.71 bits per heavy atom. The van der Waals surface area contributed by atoms with Crippen molar-refractivity contribution in [3.63, 3.8) is 0 Å². The van der Waals surface area contributed by atoms with Gasteiger partial charge in [0.15, 0.2) is 0 Å². The number of rotatable bonds is 5. The second-order valence-electron chi connectivity index (χ2n) is 6.54. The normalized spacial score (nSPS) is 20.1. The van der Waals surface area contributed by atoms with E-state index in [1.165, 1.54) is 0 Å². The van der Waals surface area contributed by atoms with E-state index >= 15 is 0 Å². The molecule has 1 amide bonds. The minimum atomic E-state index is -0.0112. The van der Waals surface area contributed by atoms with Gasteiger partial charge in [-0.2, -0.15) is 0 Å². The third kappa shape index (κ3) is 4.66. The Labute approximate surface area is 144 Å². The Bertz CT molecular complexity index is 538. The summed E-state index contributed by atoms with van der Waals surface area (Å²) in [7, 11) is 2.13. The maximum absolute atomic E-state index is 12.4. The number of nitrogens with zero attached hydrogens (tertiary/aromatic N) is 4. The lowest BCUT2D eigenvalue weighted by molar-refractivity contribution is 0.0947. The lowest BCUT2D eigenvalue weighted by Crippen LogP contribution is -2.46. The van der Waals surface area contributed by atoms with Crippen LogP contribution in [0.25, 0.3) is 0 Å². The number of hydrogen-bond donors (Lipinski definition) is 2. The number of nitrogens with one attached hydrogen (secondary N) is 2. The number of piperazine rings is 2. The van der Waals surface area contributed by atoms with Crippen molar-refractivity contribution in [2.75, 3.05) is 77.4 Å². The highest BCUT2D eigenvalue weighted by molar-refractivity contribution is 5.94. The van der Waals surface area contributed by atoms with Gasteiger partial charge < -0.3 is 20.4 Å². The molecule has 2 aliphatic rings. The topological polar surface area (TPSA) is 63.7 Å². The highest BCUT2D eigenvalue weighted by Crippen LogP contribution is 2.14. The smallest absolute Gasteiger partial charge is 0.251 e. The van der Waals surface area contributed by atoms with Gasteiger partial charge in [0.05, 0.1) is 0 Å². The third-order valence-corrected chi connectivity index (χ3v) is 4.76. The summed E-state index contributed by atoms with van der Waals surface area (Å²) in [5.74, 6) is 0.890. The minimum Gasteiger partial charge on any atom is -0.354 e. The van der Waals surface area contributed by atoms with Crippen LogP contribution in [0.2, 0.25) is 0 Å². The summed E-state index contributed by atoms with van der Waals surface area (Å²) in [6.45, 7) is 9.74. The first-order chi connectivity index (χ1) is 11.7. The summed E-state index contributed by atoms with van der Waals surface area (Å²) in [5.41, 5.74) is 0.694. The minimum absolute atomic E-state index is 0.0112. The lowest BCUT2D eigenvalue weighted by atomic mass is 10.2. The molecule has 2 fully saturated rings. The predicted octanol–water partition coefficient (Wildman–Crippen LogP) is -0.532. The van der Waals surface area contributed by atoms with E-state index in [4.69, 9.17) is 0 Å². The average Bonchev–Trinajstić information content (AvgIpc) is 2.63. The summed E-state index contributed by atoms with van der Waals surface area (Å²) < 4.78 is 0. The summed E-state index contributed by atoms with van der Waals surface area (Å²) in [6, 6.07) is 3.70. The Balaban J connectivity index is 1.50. The van der Waals surface area contributed by atoms with Crippen LogP contribution in [-0.2, 0) is 0 Å². The van der Waals surface area contributed by atoms with Crippen molar-refractivity contribution in [3.05, 3.63) is 23.9 Å². The third-order valence-electron chi connectivity index (χ3n) is 4.76. The molecule has 2 aliphatic heterocycles. The Morgan fingerprint density at radius 2 is 1.96 bits per heavy atom. The number of amides is 1. The van der Waals surface area contributed by atoms with Gasteiger partial charge in [0, 0.05) is 77.2 Å². The SMILES string of the molecule is CN1CCN(c2cc(C(=O)NCCN3CCNCC3)ccn2)CC1. The molecule has 2 saturated heterocycles. The van der Waals surface area contributed by atoms with Gasteiger partial charge in [-0.25, -0.2) is 4.98 Å².